The van der Waals surface area contributed by atoms with Gasteiger partial charge in [-0.1, -0.05) is 24.3 Å². The first-order chi connectivity index (χ1) is 10.6. The molecule has 0 aromatic heterocycles. The minimum atomic E-state index is -0.208. The minimum absolute atomic E-state index is 0.154. The van der Waals surface area contributed by atoms with Gasteiger partial charge in [0.1, 0.15) is 5.82 Å². The summed E-state index contributed by atoms with van der Waals surface area (Å²) in [4.78, 5) is 6.39. The fraction of sp³-hybridized carbons (Fsp3) is 0.471. The second kappa shape index (κ2) is 7.94. The summed E-state index contributed by atoms with van der Waals surface area (Å²) in [7, 11) is 5.82. The van der Waals surface area contributed by atoms with Crippen LogP contribution in [0.15, 0.2) is 41.4 Å². The zero-order valence-corrected chi connectivity index (χ0v) is 13.5. The predicted molar refractivity (Wildman–Crippen MR) is 89.5 cm³/mol. The Labute approximate surface area is 132 Å². The van der Waals surface area contributed by atoms with Crippen LogP contribution in [0.25, 0.3) is 0 Å². The summed E-state index contributed by atoms with van der Waals surface area (Å²) in [6, 6.07) is 7.25. The highest BCUT2D eigenvalue weighted by atomic mass is 19.1. The Morgan fingerprint density at radius 1 is 1.27 bits per heavy atom. The summed E-state index contributed by atoms with van der Waals surface area (Å²) in [5, 5.41) is 6.78. The number of benzene rings is 1. The van der Waals surface area contributed by atoms with Crippen molar-refractivity contribution in [1.29, 1.82) is 0 Å². The maximum atomic E-state index is 13.1. The van der Waals surface area contributed by atoms with Gasteiger partial charge >= 0.3 is 0 Å². The highest BCUT2D eigenvalue weighted by Gasteiger charge is 2.16. The normalized spacial score (nSPS) is 17.0. The molecule has 0 heterocycles. The first-order valence-corrected chi connectivity index (χ1v) is 7.64. The van der Waals surface area contributed by atoms with Crippen molar-refractivity contribution in [3.8, 4) is 0 Å². The number of aliphatic imine (C=N–C) groups is 1. The number of rotatable bonds is 5. The summed E-state index contributed by atoms with van der Waals surface area (Å²) in [6.07, 6.45) is 6.45. The predicted octanol–water partition coefficient (Wildman–Crippen LogP) is 2.31. The quantitative estimate of drug-likeness (QED) is 0.498. The molecule has 0 saturated carbocycles. The van der Waals surface area contributed by atoms with Gasteiger partial charge in [0.15, 0.2) is 5.96 Å². The lowest BCUT2D eigenvalue weighted by Crippen LogP contribution is -2.45. The van der Waals surface area contributed by atoms with E-state index in [9.17, 15) is 4.39 Å². The Balaban J connectivity index is 1.94. The van der Waals surface area contributed by atoms with E-state index in [4.69, 9.17) is 0 Å². The van der Waals surface area contributed by atoms with E-state index in [1.54, 1.807) is 7.05 Å². The number of likely N-dealkylation sites (N-methyl/N-ethyl adjacent to an activating group) is 1. The van der Waals surface area contributed by atoms with Crippen LogP contribution in [0.2, 0.25) is 0 Å². The molecule has 1 aliphatic rings. The molecule has 1 aliphatic carbocycles. The van der Waals surface area contributed by atoms with Crippen LogP contribution in [0, 0.1) is 5.82 Å². The molecule has 0 saturated heterocycles. The van der Waals surface area contributed by atoms with Gasteiger partial charge in [-0.15, -0.1) is 0 Å². The van der Waals surface area contributed by atoms with Crippen LogP contribution in [0.3, 0.4) is 0 Å². The molecule has 22 heavy (non-hydrogen) atoms. The summed E-state index contributed by atoms with van der Waals surface area (Å²) in [5.74, 6) is 0.600. The van der Waals surface area contributed by atoms with E-state index >= 15 is 0 Å². The lowest BCUT2D eigenvalue weighted by Gasteiger charge is -2.26. The number of nitrogens with zero attached hydrogens (tertiary/aromatic N) is 2. The molecule has 4 nitrogen and oxygen atoms in total. The van der Waals surface area contributed by atoms with E-state index in [-0.39, 0.29) is 11.9 Å². The fourth-order valence-corrected chi connectivity index (χ4v) is 2.60. The monoisotopic (exact) mass is 304 g/mol. The van der Waals surface area contributed by atoms with Crippen LogP contribution >= 0.6 is 0 Å². The van der Waals surface area contributed by atoms with Crippen molar-refractivity contribution in [1.82, 2.24) is 15.5 Å². The second-order valence-corrected chi connectivity index (χ2v) is 5.77. The molecule has 0 aliphatic heterocycles. The molecule has 0 spiro atoms. The van der Waals surface area contributed by atoms with Gasteiger partial charge in [0.2, 0.25) is 0 Å². The van der Waals surface area contributed by atoms with E-state index in [2.05, 4.69) is 32.7 Å². The van der Waals surface area contributed by atoms with E-state index in [0.717, 1.165) is 24.4 Å². The Morgan fingerprint density at radius 3 is 2.45 bits per heavy atom. The van der Waals surface area contributed by atoms with Crippen LogP contribution in [-0.4, -0.2) is 44.6 Å². The second-order valence-electron chi connectivity index (χ2n) is 5.77. The van der Waals surface area contributed by atoms with Crippen molar-refractivity contribution in [3.63, 3.8) is 0 Å². The highest BCUT2D eigenvalue weighted by molar-refractivity contribution is 5.80. The molecular weight excluding hydrogens is 279 g/mol. The number of hydrogen-bond acceptors (Lipinski definition) is 2. The number of guanidine groups is 1. The van der Waals surface area contributed by atoms with Crippen LogP contribution in [0.1, 0.15) is 24.4 Å². The van der Waals surface area contributed by atoms with Gasteiger partial charge in [-0.05, 0) is 44.6 Å². The van der Waals surface area contributed by atoms with Gasteiger partial charge in [-0.25, -0.2) is 4.39 Å². The standard InChI is InChI=1S/C17H25FN4/c1-19-17(21-15-6-4-5-7-15)20-12-16(22(2)3)13-8-10-14(18)11-9-13/h4-5,8-11,15-16H,6-7,12H2,1-3H3,(H2,19,20,21). The van der Waals surface area contributed by atoms with E-state index in [1.165, 1.54) is 12.1 Å². The topological polar surface area (TPSA) is 39.7 Å². The molecule has 2 rings (SSSR count). The SMILES string of the molecule is CN=C(NCC(c1ccc(F)cc1)N(C)C)NC1CC=CC1. The van der Waals surface area contributed by atoms with Gasteiger partial charge in [-0.2, -0.15) is 0 Å². The number of halogens is 1. The molecule has 2 N–H and O–H groups in total. The van der Waals surface area contributed by atoms with Crippen LogP contribution in [0.4, 0.5) is 4.39 Å². The molecule has 1 aromatic rings. The van der Waals surface area contributed by atoms with Gasteiger partial charge in [-0.3, -0.25) is 4.99 Å². The molecule has 120 valence electrons. The fourth-order valence-electron chi connectivity index (χ4n) is 2.60. The van der Waals surface area contributed by atoms with Crippen LogP contribution in [0.5, 0.6) is 0 Å². The van der Waals surface area contributed by atoms with Gasteiger partial charge in [0.05, 0.1) is 6.04 Å². The average molecular weight is 304 g/mol. The molecule has 0 bridgehead atoms. The average Bonchev–Trinajstić information content (AvgIpc) is 3.00. The molecular formula is C17H25FN4. The lowest BCUT2D eigenvalue weighted by molar-refractivity contribution is 0.297. The number of nitrogens with one attached hydrogen (secondary N) is 2. The van der Waals surface area contributed by atoms with Gasteiger partial charge in [0.25, 0.3) is 0 Å². The molecule has 1 atom stereocenters. The van der Waals surface area contributed by atoms with Crippen molar-refractivity contribution in [3.05, 3.63) is 47.8 Å². The third-order valence-electron chi connectivity index (χ3n) is 3.91. The van der Waals surface area contributed by atoms with E-state index in [0.29, 0.717) is 12.6 Å². The Hall–Kier alpha value is -1.88. The Bertz CT molecular complexity index is 514. The summed E-state index contributed by atoms with van der Waals surface area (Å²) in [5.41, 5.74) is 1.08. The third kappa shape index (κ3) is 4.56. The maximum Gasteiger partial charge on any atom is 0.191 e. The molecule has 1 unspecified atom stereocenters. The van der Waals surface area contributed by atoms with E-state index in [1.807, 2.05) is 26.2 Å². The summed E-state index contributed by atoms with van der Waals surface area (Å²) >= 11 is 0. The summed E-state index contributed by atoms with van der Waals surface area (Å²) < 4.78 is 13.1. The van der Waals surface area contributed by atoms with Crippen molar-refractivity contribution < 1.29 is 4.39 Å². The van der Waals surface area contributed by atoms with Crippen molar-refractivity contribution in [2.45, 2.75) is 24.9 Å². The largest absolute Gasteiger partial charge is 0.354 e. The minimum Gasteiger partial charge on any atom is -0.354 e. The van der Waals surface area contributed by atoms with Crippen molar-refractivity contribution >= 4 is 5.96 Å². The highest BCUT2D eigenvalue weighted by Crippen LogP contribution is 2.17. The van der Waals surface area contributed by atoms with Crippen LogP contribution in [-0.2, 0) is 0 Å². The molecule has 5 heteroatoms. The first kappa shape index (κ1) is 16.5. The smallest absolute Gasteiger partial charge is 0.191 e. The summed E-state index contributed by atoms with van der Waals surface area (Å²) in [6.45, 7) is 0.707. The zero-order chi connectivity index (χ0) is 15.9. The van der Waals surface area contributed by atoms with Crippen molar-refractivity contribution in [2.24, 2.45) is 4.99 Å². The van der Waals surface area contributed by atoms with Gasteiger partial charge in [0, 0.05) is 19.6 Å². The Kier molecular flexibility index (Phi) is 5.95. The van der Waals surface area contributed by atoms with Crippen LogP contribution < -0.4 is 10.6 Å². The van der Waals surface area contributed by atoms with Gasteiger partial charge < -0.3 is 15.5 Å². The molecule has 0 amide bonds. The lowest BCUT2D eigenvalue weighted by atomic mass is 10.1. The molecule has 0 fully saturated rings. The Morgan fingerprint density at radius 2 is 1.91 bits per heavy atom. The first-order valence-electron chi connectivity index (χ1n) is 7.64. The third-order valence-corrected chi connectivity index (χ3v) is 3.91. The maximum absolute atomic E-state index is 13.1. The molecule has 0 radical (unpaired) electrons. The number of hydrogen-bond donors (Lipinski definition) is 2. The molecule has 1 aromatic carbocycles. The zero-order valence-electron chi connectivity index (χ0n) is 13.5. The van der Waals surface area contributed by atoms with Crippen molar-refractivity contribution in [2.75, 3.05) is 27.7 Å². The van der Waals surface area contributed by atoms with E-state index < -0.39 is 0 Å².